The number of aromatic nitrogens is 3. The van der Waals surface area contributed by atoms with Gasteiger partial charge in [0, 0.05) is 30.7 Å². The van der Waals surface area contributed by atoms with Gasteiger partial charge in [-0.3, -0.25) is 9.78 Å². The number of para-hydroxylation sites is 1. The van der Waals surface area contributed by atoms with Crippen LogP contribution in [-0.4, -0.2) is 34.9 Å². The molecule has 0 aliphatic heterocycles. The van der Waals surface area contributed by atoms with Crippen molar-refractivity contribution in [1.29, 1.82) is 0 Å². The van der Waals surface area contributed by atoms with Crippen LogP contribution < -0.4 is 14.8 Å². The van der Waals surface area contributed by atoms with Crippen molar-refractivity contribution in [3.05, 3.63) is 90.5 Å². The smallest absolute Gasteiger partial charge is 0.272 e. The molecule has 0 unspecified atom stereocenters. The van der Waals surface area contributed by atoms with Gasteiger partial charge in [0.15, 0.2) is 17.2 Å². The minimum atomic E-state index is -0.275. The van der Waals surface area contributed by atoms with Crippen molar-refractivity contribution in [3.63, 3.8) is 0 Å². The molecule has 0 bridgehead atoms. The Morgan fingerprint density at radius 3 is 2.52 bits per heavy atom. The predicted octanol–water partition coefficient (Wildman–Crippen LogP) is 3.88. The van der Waals surface area contributed by atoms with Gasteiger partial charge in [-0.1, -0.05) is 30.3 Å². The lowest BCUT2D eigenvalue weighted by molar-refractivity contribution is 0.0946. The Morgan fingerprint density at radius 2 is 1.81 bits per heavy atom. The highest BCUT2D eigenvalue weighted by molar-refractivity contribution is 5.99. The molecule has 7 heteroatoms. The van der Waals surface area contributed by atoms with Gasteiger partial charge in [-0.15, -0.1) is 0 Å². The van der Waals surface area contributed by atoms with E-state index in [1.165, 1.54) is 0 Å². The fourth-order valence-corrected chi connectivity index (χ4v) is 3.24. The van der Waals surface area contributed by atoms with Crippen molar-refractivity contribution in [2.75, 3.05) is 14.2 Å². The first-order chi connectivity index (χ1) is 15.2. The van der Waals surface area contributed by atoms with Crippen LogP contribution >= 0.6 is 0 Å². The number of nitrogens with zero attached hydrogens (tertiary/aromatic N) is 3. The molecular formula is C24H22N4O3. The summed E-state index contributed by atoms with van der Waals surface area (Å²) in [5.74, 6) is 0.918. The van der Waals surface area contributed by atoms with Gasteiger partial charge in [-0.25, -0.2) is 4.68 Å². The van der Waals surface area contributed by atoms with Crippen molar-refractivity contribution < 1.29 is 14.3 Å². The van der Waals surface area contributed by atoms with Crippen LogP contribution in [0.2, 0.25) is 0 Å². The second-order valence-corrected chi connectivity index (χ2v) is 6.79. The van der Waals surface area contributed by atoms with E-state index >= 15 is 0 Å². The van der Waals surface area contributed by atoms with Crippen LogP contribution in [0.15, 0.2) is 79.3 Å². The summed E-state index contributed by atoms with van der Waals surface area (Å²) in [6.45, 7) is 0.357. The Bertz CT molecular complexity index is 1170. The van der Waals surface area contributed by atoms with E-state index < -0.39 is 0 Å². The molecule has 0 spiro atoms. The summed E-state index contributed by atoms with van der Waals surface area (Å²) >= 11 is 0. The van der Waals surface area contributed by atoms with E-state index in [1.807, 2.05) is 66.9 Å². The molecule has 0 radical (unpaired) electrons. The minimum absolute atomic E-state index is 0.275. The van der Waals surface area contributed by atoms with Gasteiger partial charge >= 0.3 is 0 Å². The number of methoxy groups -OCH3 is 2. The van der Waals surface area contributed by atoms with E-state index in [1.54, 1.807) is 31.3 Å². The number of pyridine rings is 1. The highest BCUT2D eigenvalue weighted by Crippen LogP contribution is 2.34. The monoisotopic (exact) mass is 414 g/mol. The molecule has 0 atom stereocenters. The maximum atomic E-state index is 13.1. The number of nitrogens with one attached hydrogen (secondary N) is 1. The van der Waals surface area contributed by atoms with Gasteiger partial charge < -0.3 is 14.8 Å². The normalized spacial score (nSPS) is 10.5. The zero-order valence-corrected chi connectivity index (χ0v) is 17.3. The molecule has 1 amide bonds. The summed E-state index contributed by atoms with van der Waals surface area (Å²) in [7, 11) is 3.17. The Hall–Kier alpha value is -4.13. The van der Waals surface area contributed by atoms with Crippen LogP contribution in [-0.2, 0) is 6.54 Å². The van der Waals surface area contributed by atoms with Gasteiger partial charge in [0.1, 0.15) is 0 Å². The van der Waals surface area contributed by atoms with E-state index in [0.29, 0.717) is 29.3 Å². The van der Waals surface area contributed by atoms with Crippen LogP contribution in [0, 0.1) is 0 Å². The average molecular weight is 414 g/mol. The lowest BCUT2D eigenvalue weighted by atomic mass is 10.1. The number of hydrogen-bond donors (Lipinski definition) is 1. The second kappa shape index (κ2) is 9.13. The quantitative estimate of drug-likeness (QED) is 0.497. The fourth-order valence-electron chi connectivity index (χ4n) is 3.24. The number of benzene rings is 2. The first-order valence-electron chi connectivity index (χ1n) is 9.74. The van der Waals surface area contributed by atoms with Crippen molar-refractivity contribution in [3.8, 4) is 28.3 Å². The molecule has 31 heavy (non-hydrogen) atoms. The Balaban J connectivity index is 1.72. The van der Waals surface area contributed by atoms with E-state index in [0.717, 1.165) is 16.8 Å². The maximum Gasteiger partial charge on any atom is 0.272 e. The largest absolute Gasteiger partial charge is 0.493 e. The van der Waals surface area contributed by atoms with Gasteiger partial charge in [-0.05, 0) is 41.5 Å². The van der Waals surface area contributed by atoms with Crippen molar-refractivity contribution >= 4 is 5.91 Å². The van der Waals surface area contributed by atoms with Crippen LogP contribution in [0.25, 0.3) is 16.8 Å². The zero-order valence-electron chi connectivity index (χ0n) is 17.3. The highest BCUT2D eigenvalue weighted by atomic mass is 16.5. The summed E-state index contributed by atoms with van der Waals surface area (Å²) in [6.07, 6.45) is 5.26. The molecule has 1 N–H and O–H groups in total. The van der Waals surface area contributed by atoms with Gasteiger partial charge in [0.25, 0.3) is 5.91 Å². The van der Waals surface area contributed by atoms with Gasteiger partial charge in [-0.2, -0.15) is 5.10 Å². The van der Waals surface area contributed by atoms with Crippen LogP contribution in [0.3, 0.4) is 0 Å². The highest BCUT2D eigenvalue weighted by Gasteiger charge is 2.20. The number of carbonyl (C=O) groups is 1. The molecule has 156 valence electrons. The molecule has 2 aromatic carbocycles. The van der Waals surface area contributed by atoms with E-state index in [4.69, 9.17) is 9.47 Å². The zero-order chi connectivity index (χ0) is 21.6. The average Bonchev–Trinajstić information content (AvgIpc) is 3.29. The summed E-state index contributed by atoms with van der Waals surface area (Å²) in [6, 6.07) is 18.9. The third-order valence-corrected chi connectivity index (χ3v) is 4.82. The Kier molecular flexibility index (Phi) is 5.93. The Labute approximate surface area is 180 Å². The lowest BCUT2D eigenvalue weighted by Gasteiger charge is -2.10. The standard InChI is InChI=1S/C24H22N4O3/c1-30-21-11-10-18(13-22(21)31-2)20-16-28(19-8-4-3-5-9-19)27-23(20)24(29)26-15-17-7-6-12-25-14-17/h3-14,16H,15H2,1-2H3,(H,26,29). The molecule has 0 fully saturated rings. The van der Waals surface area contributed by atoms with Crippen LogP contribution in [0.4, 0.5) is 0 Å². The number of ether oxygens (including phenoxy) is 2. The van der Waals surface area contributed by atoms with E-state index in [-0.39, 0.29) is 5.91 Å². The fraction of sp³-hybridized carbons (Fsp3) is 0.125. The molecular weight excluding hydrogens is 392 g/mol. The third-order valence-electron chi connectivity index (χ3n) is 4.82. The summed E-state index contributed by atoms with van der Waals surface area (Å²) in [5.41, 5.74) is 3.57. The summed E-state index contributed by atoms with van der Waals surface area (Å²) in [5, 5.41) is 7.51. The Morgan fingerprint density at radius 1 is 1.00 bits per heavy atom. The SMILES string of the molecule is COc1ccc(-c2cn(-c3ccccc3)nc2C(=O)NCc2cccnc2)cc1OC. The first-order valence-corrected chi connectivity index (χ1v) is 9.74. The van der Waals surface area contributed by atoms with Crippen LogP contribution in [0.1, 0.15) is 16.1 Å². The lowest BCUT2D eigenvalue weighted by Crippen LogP contribution is -2.24. The molecule has 4 aromatic rings. The summed E-state index contributed by atoms with van der Waals surface area (Å²) < 4.78 is 12.5. The number of carbonyl (C=O) groups excluding carboxylic acids is 1. The second-order valence-electron chi connectivity index (χ2n) is 6.79. The van der Waals surface area contributed by atoms with Crippen LogP contribution in [0.5, 0.6) is 11.5 Å². The molecule has 0 aliphatic rings. The summed E-state index contributed by atoms with van der Waals surface area (Å²) in [4.78, 5) is 17.2. The van der Waals surface area contributed by atoms with Gasteiger partial charge in [0.2, 0.25) is 0 Å². The number of rotatable bonds is 7. The maximum absolute atomic E-state index is 13.1. The molecule has 7 nitrogen and oxygen atoms in total. The number of amides is 1. The number of hydrogen-bond acceptors (Lipinski definition) is 5. The first kappa shape index (κ1) is 20.2. The molecule has 2 aromatic heterocycles. The van der Waals surface area contributed by atoms with E-state index in [2.05, 4.69) is 15.4 Å². The molecule has 0 saturated heterocycles. The van der Waals surface area contributed by atoms with E-state index in [9.17, 15) is 4.79 Å². The van der Waals surface area contributed by atoms with Crippen molar-refractivity contribution in [2.24, 2.45) is 0 Å². The third kappa shape index (κ3) is 4.40. The molecule has 4 rings (SSSR count). The molecule has 0 aliphatic carbocycles. The predicted molar refractivity (Wildman–Crippen MR) is 118 cm³/mol. The topological polar surface area (TPSA) is 78.3 Å². The molecule has 2 heterocycles. The van der Waals surface area contributed by atoms with Gasteiger partial charge in [0.05, 0.1) is 19.9 Å². The minimum Gasteiger partial charge on any atom is -0.493 e. The van der Waals surface area contributed by atoms with Crippen molar-refractivity contribution in [1.82, 2.24) is 20.1 Å². The molecule has 0 saturated carbocycles. The van der Waals surface area contributed by atoms with Crippen molar-refractivity contribution in [2.45, 2.75) is 6.54 Å².